The lowest BCUT2D eigenvalue weighted by Crippen LogP contribution is -2.26. The average Bonchev–Trinajstić information content (AvgIpc) is 2.98. The fourth-order valence-corrected chi connectivity index (χ4v) is 4.54. The number of sulfonamides is 1. The van der Waals surface area contributed by atoms with E-state index in [2.05, 4.69) is 14.9 Å². The molecule has 156 valence electrons. The van der Waals surface area contributed by atoms with E-state index in [0.29, 0.717) is 5.69 Å². The first-order valence-electron chi connectivity index (χ1n) is 9.87. The van der Waals surface area contributed by atoms with Crippen LogP contribution in [0.5, 0.6) is 0 Å². The van der Waals surface area contributed by atoms with Gasteiger partial charge in [-0.05, 0) is 43.2 Å². The Bertz CT molecular complexity index is 971. The maximum absolute atomic E-state index is 14.3. The van der Waals surface area contributed by atoms with Gasteiger partial charge in [-0.2, -0.15) is 0 Å². The molecule has 1 heterocycles. The van der Waals surface area contributed by atoms with Crippen LogP contribution >= 0.6 is 0 Å². The van der Waals surface area contributed by atoms with Crippen LogP contribution in [-0.2, 0) is 10.0 Å². The zero-order valence-electron chi connectivity index (χ0n) is 16.4. The summed E-state index contributed by atoms with van der Waals surface area (Å²) < 4.78 is 41.1. The van der Waals surface area contributed by atoms with Gasteiger partial charge >= 0.3 is 0 Å². The third kappa shape index (κ3) is 5.13. The number of amides is 1. The molecule has 0 unspecified atom stereocenters. The number of halogens is 1. The number of hydrogen-bond donors (Lipinski definition) is 2. The summed E-state index contributed by atoms with van der Waals surface area (Å²) in [6, 6.07) is 10.6. The molecule has 29 heavy (non-hydrogen) atoms. The van der Waals surface area contributed by atoms with Crippen LogP contribution in [-0.4, -0.2) is 34.0 Å². The molecule has 3 rings (SSSR count). The standard InChI is InChI=1S/C21H26FN3O3S/c1-2-23-29(27,28)16-11-12-18(22)17(15-16)21(26)24-19-9-5-6-10-20(19)25-13-7-3-4-8-14-25/h5-6,9-12,15,23H,2-4,7-8,13-14H2,1H3,(H,24,26). The molecule has 0 saturated carbocycles. The van der Waals surface area contributed by atoms with Gasteiger partial charge in [0.1, 0.15) is 5.82 Å². The largest absolute Gasteiger partial charge is 0.370 e. The highest BCUT2D eigenvalue weighted by Gasteiger charge is 2.20. The van der Waals surface area contributed by atoms with Crippen LogP contribution in [0.3, 0.4) is 0 Å². The van der Waals surface area contributed by atoms with Gasteiger partial charge in [-0.1, -0.05) is 31.9 Å². The van der Waals surface area contributed by atoms with Gasteiger partial charge in [-0.3, -0.25) is 4.79 Å². The second-order valence-corrected chi connectivity index (χ2v) is 8.78. The number of rotatable bonds is 6. The highest BCUT2D eigenvalue weighted by molar-refractivity contribution is 7.89. The quantitative estimate of drug-likeness (QED) is 0.747. The molecule has 1 aliphatic rings. The summed E-state index contributed by atoms with van der Waals surface area (Å²) in [5, 5.41) is 2.76. The van der Waals surface area contributed by atoms with Crippen molar-refractivity contribution >= 4 is 27.3 Å². The number of carbonyl (C=O) groups is 1. The summed E-state index contributed by atoms with van der Waals surface area (Å²) in [5.74, 6) is -1.46. The van der Waals surface area contributed by atoms with E-state index in [4.69, 9.17) is 0 Å². The molecule has 0 spiro atoms. The predicted molar refractivity (Wildman–Crippen MR) is 112 cm³/mol. The second-order valence-electron chi connectivity index (χ2n) is 7.02. The van der Waals surface area contributed by atoms with Crippen molar-refractivity contribution in [3.8, 4) is 0 Å². The molecule has 0 aromatic heterocycles. The topological polar surface area (TPSA) is 78.5 Å². The molecule has 1 amide bonds. The second kappa shape index (κ2) is 9.37. The first-order valence-corrected chi connectivity index (χ1v) is 11.3. The molecule has 0 bridgehead atoms. The normalized spacial score (nSPS) is 15.0. The van der Waals surface area contributed by atoms with Crippen LogP contribution in [0.4, 0.5) is 15.8 Å². The monoisotopic (exact) mass is 419 g/mol. The zero-order valence-corrected chi connectivity index (χ0v) is 17.3. The maximum atomic E-state index is 14.3. The number of carbonyl (C=O) groups excluding carboxylic acids is 1. The van der Waals surface area contributed by atoms with Gasteiger partial charge in [0, 0.05) is 19.6 Å². The van der Waals surface area contributed by atoms with Crippen molar-refractivity contribution in [2.24, 2.45) is 0 Å². The minimum absolute atomic E-state index is 0.147. The van der Waals surface area contributed by atoms with Gasteiger partial charge in [0.2, 0.25) is 10.0 Å². The van der Waals surface area contributed by atoms with Crippen LogP contribution in [0.1, 0.15) is 43.0 Å². The Morgan fingerprint density at radius 2 is 1.76 bits per heavy atom. The summed E-state index contributed by atoms with van der Waals surface area (Å²) >= 11 is 0. The molecule has 2 aromatic rings. The van der Waals surface area contributed by atoms with E-state index in [1.54, 1.807) is 19.1 Å². The van der Waals surface area contributed by atoms with Gasteiger partial charge in [-0.15, -0.1) is 0 Å². The van der Waals surface area contributed by atoms with E-state index in [-0.39, 0.29) is 17.0 Å². The Morgan fingerprint density at radius 3 is 2.45 bits per heavy atom. The minimum Gasteiger partial charge on any atom is -0.370 e. The average molecular weight is 420 g/mol. The Morgan fingerprint density at radius 1 is 1.07 bits per heavy atom. The van der Waals surface area contributed by atoms with Crippen LogP contribution in [0, 0.1) is 5.82 Å². The number of anilines is 2. The number of nitrogens with zero attached hydrogens (tertiary/aromatic N) is 1. The Hall–Kier alpha value is -2.45. The van der Waals surface area contributed by atoms with Crippen molar-refractivity contribution in [1.82, 2.24) is 4.72 Å². The van der Waals surface area contributed by atoms with Crippen LogP contribution in [0.15, 0.2) is 47.4 Å². The Labute approximate surface area is 171 Å². The highest BCUT2D eigenvalue weighted by Crippen LogP contribution is 2.28. The minimum atomic E-state index is -3.79. The van der Waals surface area contributed by atoms with Crippen molar-refractivity contribution in [1.29, 1.82) is 0 Å². The van der Waals surface area contributed by atoms with Crippen LogP contribution < -0.4 is 14.9 Å². The number of hydrogen-bond acceptors (Lipinski definition) is 4. The fourth-order valence-electron chi connectivity index (χ4n) is 3.48. The SMILES string of the molecule is CCNS(=O)(=O)c1ccc(F)c(C(=O)Nc2ccccc2N2CCCCCC2)c1. The van der Waals surface area contributed by atoms with Crippen molar-refractivity contribution in [3.63, 3.8) is 0 Å². The van der Waals surface area contributed by atoms with Crippen molar-refractivity contribution in [2.45, 2.75) is 37.5 Å². The lowest BCUT2D eigenvalue weighted by Gasteiger charge is -2.25. The molecule has 1 saturated heterocycles. The summed E-state index contributed by atoms with van der Waals surface area (Å²) in [7, 11) is -3.79. The predicted octanol–water partition coefficient (Wildman–Crippen LogP) is 3.76. The third-order valence-corrected chi connectivity index (χ3v) is 6.47. The van der Waals surface area contributed by atoms with E-state index >= 15 is 0 Å². The molecule has 2 N–H and O–H groups in total. The van der Waals surface area contributed by atoms with E-state index in [0.717, 1.165) is 49.8 Å². The van der Waals surface area contributed by atoms with E-state index in [9.17, 15) is 17.6 Å². The van der Waals surface area contributed by atoms with Gasteiger partial charge in [0.25, 0.3) is 5.91 Å². The number of benzene rings is 2. The first-order chi connectivity index (χ1) is 13.9. The molecule has 8 heteroatoms. The molecule has 0 radical (unpaired) electrons. The van der Waals surface area contributed by atoms with Gasteiger partial charge in [0.05, 0.1) is 21.8 Å². The lowest BCUT2D eigenvalue weighted by atomic mass is 10.1. The van der Waals surface area contributed by atoms with Gasteiger partial charge in [0.15, 0.2) is 0 Å². The van der Waals surface area contributed by atoms with E-state index in [1.807, 2.05) is 12.1 Å². The molecule has 6 nitrogen and oxygen atoms in total. The molecule has 0 aliphatic carbocycles. The van der Waals surface area contributed by atoms with Crippen molar-refractivity contribution < 1.29 is 17.6 Å². The third-order valence-electron chi connectivity index (χ3n) is 4.93. The summed E-state index contributed by atoms with van der Waals surface area (Å²) in [4.78, 5) is 14.9. The van der Waals surface area contributed by atoms with Crippen LogP contribution in [0.25, 0.3) is 0 Å². The molecular weight excluding hydrogens is 393 g/mol. The molecule has 2 aromatic carbocycles. The number of nitrogens with one attached hydrogen (secondary N) is 2. The van der Waals surface area contributed by atoms with Gasteiger partial charge < -0.3 is 10.2 Å². The van der Waals surface area contributed by atoms with Crippen molar-refractivity contribution in [2.75, 3.05) is 29.9 Å². The summed E-state index contributed by atoms with van der Waals surface area (Å²) in [6.07, 6.45) is 4.54. The van der Waals surface area contributed by atoms with Crippen LogP contribution in [0.2, 0.25) is 0 Å². The molecular formula is C21H26FN3O3S. The van der Waals surface area contributed by atoms with Gasteiger partial charge in [-0.25, -0.2) is 17.5 Å². The highest BCUT2D eigenvalue weighted by atomic mass is 32.2. The fraction of sp³-hybridized carbons (Fsp3) is 0.381. The van der Waals surface area contributed by atoms with Crippen molar-refractivity contribution in [3.05, 3.63) is 53.8 Å². The Kier molecular flexibility index (Phi) is 6.87. The Balaban J connectivity index is 1.88. The lowest BCUT2D eigenvalue weighted by molar-refractivity contribution is 0.102. The van der Waals surface area contributed by atoms with E-state index < -0.39 is 21.7 Å². The first kappa shape index (κ1) is 21.3. The zero-order chi connectivity index (χ0) is 20.9. The number of para-hydroxylation sites is 2. The summed E-state index contributed by atoms with van der Waals surface area (Å²) in [6.45, 7) is 3.65. The molecule has 1 aliphatic heterocycles. The summed E-state index contributed by atoms with van der Waals surface area (Å²) in [5.41, 5.74) is 1.16. The molecule has 1 fully saturated rings. The van der Waals surface area contributed by atoms with E-state index in [1.165, 1.54) is 12.8 Å². The smallest absolute Gasteiger partial charge is 0.258 e. The maximum Gasteiger partial charge on any atom is 0.258 e. The molecule has 0 atom stereocenters.